The number of imidazole rings is 1. The van der Waals surface area contributed by atoms with Crippen LogP contribution in [-0.4, -0.2) is 70.2 Å². The fraction of sp³-hybridized carbons (Fsp3) is 0.212. The lowest BCUT2D eigenvalue weighted by Gasteiger charge is -2.28. The van der Waals surface area contributed by atoms with Gasteiger partial charge >= 0.3 is 5.82 Å². The van der Waals surface area contributed by atoms with Crippen molar-refractivity contribution in [2.45, 2.75) is 20.0 Å². The van der Waals surface area contributed by atoms with Gasteiger partial charge in [-0.05, 0) is 57.9 Å². The van der Waals surface area contributed by atoms with Crippen LogP contribution in [0.15, 0.2) is 79.4 Å². The lowest BCUT2D eigenvalue weighted by atomic mass is 10.2. The molecule has 0 bridgehead atoms. The summed E-state index contributed by atoms with van der Waals surface area (Å²) in [4.78, 5) is 40.9. The lowest BCUT2D eigenvalue weighted by molar-refractivity contribution is -0.898. The van der Waals surface area contributed by atoms with Crippen LogP contribution in [0.1, 0.15) is 17.1 Å². The molecule has 2 aromatic carbocycles. The zero-order chi connectivity index (χ0) is 34.0. The van der Waals surface area contributed by atoms with E-state index in [2.05, 4.69) is 35.7 Å². The first-order chi connectivity index (χ1) is 23.0. The van der Waals surface area contributed by atoms with E-state index in [9.17, 15) is 19.3 Å². The number of carbonyl (C=O) groups is 1. The summed E-state index contributed by atoms with van der Waals surface area (Å²) in [6.07, 6.45) is 7.89. The average molecular weight is 651 g/mol. The van der Waals surface area contributed by atoms with Gasteiger partial charge in [-0.25, -0.2) is 19.3 Å². The number of amides is 1. The number of likely N-dealkylation sites (N-methyl/N-ethyl adjacent to an activating group) is 1. The molecule has 15 heteroatoms. The van der Waals surface area contributed by atoms with Crippen LogP contribution in [0, 0.1) is 22.9 Å². The Hall–Kier alpha value is -6.09. The van der Waals surface area contributed by atoms with Crippen LogP contribution >= 0.6 is 0 Å². The fourth-order valence-corrected chi connectivity index (χ4v) is 5.41. The SMILES string of the molecule is Cc1nc([N+](=O)[O-])c(C[N+](C)(C)CC=CC(=O)Nc2cc3c(Nc4ccc5c(cnn5Cc5cccc(F)c5)c4)ncnc3cn2)n1C. The second kappa shape index (κ2) is 13.0. The van der Waals surface area contributed by atoms with E-state index in [-0.39, 0.29) is 17.5 Å². The molecule has 244 valence electrons. The summed E-state index contributed by atoms with van der Waals surface area (Å²) in [5.41, 5.74) is 3.58. The highest BCUT2D eigenvalue weighted by atomic mass is 19.1. The molecule has 0 fully saturated rings. The highest BCUT2D eigenvalue weighted by molar-refractivity contribution is 6.00. The zero-order valence-electron chi connectivity index (χ0n) is 26.8. The standard InChI is InChI=1S/C33H32FN11O3/c1-21-39-33(44(47)48)29(42(21)2)19-45(3,4)12-6-9-31(46)41-30-15-26-27(17-35-30)36-20-37-32(26)40-25-10-11-28-23(14-25)16-38-43(28)18-22-7-5-8-24(34)13-22/h5-11,13-17,20H,12,18-19H2,1-4H3,(H-,35,36,37,40,41,46)/p+1. The number of quaternary nitrogens is 1. The number of hydrogen-bond donors (Lipinski definition) is 2. The van der Waals surface area contributed by atoms with Crippen molar-refractivity contribution >= 4 is 50.9 Å². The van der Waals surface area contributed by atoms with Crippen LogP contribution < -0.4 is 10.6 Å². The van der Waals surface area contributed by atoms with Crippen molar-refractivity contribution in [3.63, 3.8) is 0 Å². The first-order valence-electron chi connectivity index (χ1n) is 15.0. The first kappa shape index (κ1) is 31.9. The van der Waals surface area contributed by atoms with Gasteiger partial charge in [0.25, 0.3) is 0 Å². The third-order valence-corrected chi connectivity index (χ3v) is 7.93. The van der Waals surface area contributed by atoms with Crippen molar-refractivity contribution in [1.82, 2.24) is 34.3 Å². The molecular formula is C33H33FN11O3+. The summed E-state index contributed by atoms with van der Waals surface area (Å²) in [7, 11) is 5.59. The Morgan fingerprint density at radius 3 is 2.73 bits per heavy atom. The first-order valence-corrected chi connectivity index (χ1v) is 15.0. The van der Waals surface area contributed by atoms with Crippen molar-refractivity contribution in [2.24, 2.45) is 7.05 Å². The molecule has 2 N–H and O–H groups in total. The molecule has 4 heterocycles. The van der Waals surface area contributed by atoms with E-state index in [0.29, 0.717) is 58.2 Å². The molecule has 1 amide bonds. The number of benzene rings is 2. The Kier molecular flexibility index (Phi) is 8.61. The number of aromatic nitrogens is 7. The number of pyridine rings is 1. The van der Waals surface area contributed by atoms with Gasteiger partial charge in [0, 0.05) is 36.5 Å². The number of nitro groups is 1. The van der Waals surface area contributed by atoms with Crippen molar-refractivity contribution in [2.75, 3.05) is 31.3 Å². The predicted molar refractivity (Wildman–Crippen MR) is 179 cm³/mol. The van der Waals surface area contributed by atoms with Crippen molar-refractivity contribution < 1.29 is 18.6 Å². The van der Waals surface area contributed by atoms with E-state index in [1.807, 2.05) is 43.0 Å². The quantitative estimate of drug-likeness (QED) is 0.0849. The van der Waals surface area contributed by atoms with E-state index < -0.39 is 4.92 Å². The van der Waals surface area contributed by atoms with Crippen LogP contribution in [0.5, 0.6) is 0 Å². The van der Waals surface area contributed by atoms with Crippen molar-refractivity contribution in [3.05, 3.63) is 112 Å². The molecule has 0 atom stereocenters. The zero-order valence-corrected chi connectivity index (χ0v) is 26.8. The molecule has 0 saturated carbocycles. The van der Waals surface area contributed by atoms with Gasteiger partial charge in [-0.2, -0.15) is 5.10 Å². The molecule has 48 heavy (non-hydrogen) atoms. The van der Waals surface area contributed by atoms with Gasteiger partial charge in [-0.3, -0.25) is 9.48 Å². The Morgan fingerprint density at radius 1 is 1.10 bits per heavy atom. The minimum Gasteiger partial charge on any atom is -0.358 e. The predicted octanol–water partition coefficient (Wildman–Crippen LogP) is 5.03. The van der Waals surface area contributed by atoms with Gasteiger partial charge in [-0.1, -0.05) is 12.1 Å². The third-order valence-electron chi connectivity index (χ3n) is 7.93. The number of anilines is 3. The number of nitrogens with one attached hydrogen (secondary N) is 2. The third kappa shape index (κ3) is 7.00. The number of rotatable bonds is 11. The number of hydrogen-bond acceptors (Lipinski definition) is 9. The second-order valence-electron chi connectivity index (χ2n) is 12.1. The molecule has 0 aliphatic carbocycles. The molecule has 0 unspecified atom stereocenters. The summed E-state index contributed by atoms with van der Waals surface area (Å²) in [5, 5.41) is 23.6. The van der Waals surface area contributed by atoms with E-state index >= 15 is 0 Å². The van der Waals surface area contributed by atoms with Crippen LogP contribution in [0.2, 0.25) is 0 Å². The Labute approximate surface area is 274 Å². The van der Waals surface area contributed by atoms with Crippen LogP contribution in [0.25, 0.3) is 21.8 Å². The van der Waals surface area contributed by atoms with E-state index in [1.54, 1.807) is 49.1 Å². The number of carbonyl (C=O) groups excluding carboxylic acids is 1. The van der Waals surface area contributed by atoms with Gasteiger partial charge in [0.1, 0.15) is 30.3 Å². The monoisotopic (exact) mass is 650 g/mol. The molecule has 0 radical (unpaired) electrons. The summed E-state index contributed by atoms with van der Waals surface area (Å²) in [6, 6.07) is 13.9. The maximum Gasteiger partial charge on any atom is 0.391 e. The normalized spacial score (nSPS) is 11.9. The molecule has 0 aliphatic rings. The van der Waals surface area contributed by atoms with Gasteiger partial charge in [0.2, 0.25) is 11.7 Å². The topological polar surface area (TPSA) is 159 Å². The van der Waals surface area contributed by atoms with E-state index in [4.69, 9.17) is 0 Å². The van der Waals surface area contributed by atoms with E-state index in [0.717, 1.165) is 22.2 Å². The summed E-state index contributed by atoms with van der Waals surface area (Å²) in [5.74, 6) is 0.584. The Morgan fingerprint density at radius 2 is 1.94 bits per heavy atom. The number of halogens is 1. The highest BCUT2D eigenvalue weighted by Gasteiger charge is 2.29. The fourth-order valence-electron chi connectivity index (χ4n) is 5.41. The van der Waals surface area contributed by atoms with Gasteiger partial charge in [-0.15, -0.1) is 0 Å². The Balaban J connectivity index is 1.13. The van der Waals surface area contributed by atoms with Gasteiger partial charge < -0.3 is 29.8 Å². The minimum atomic E-state index is -0.472. The maximum absolute atomic E-state index is 13.7. The highest BCUT2D eigenvalue weighted by Crippen LogP contribution is 2.27. The Bertz CT molecular complexity index is 2210. The largest absolute Gasteiger partial charge is 0.391 e. The minimum absolute atomic E-state index is 0.155. The van der Waals surface area contributed by atoms with Crippen LogP contribution in [-0.2, 0) is 24.9 Å². The maximum atomic E-state index is 13.7. The number of fused-ring (bicyclic) bond motifs is 2. The van der Waals surface area contributed by atoms with Gasteiger partial charge in [0.05, 0.1) is 50.6 Å². The second-order valence-corrected chi connectivity index (χ2v) is 12.1. The van der Waals surface area contributed by atoms with Crippen LogP contribution in [0.4, 0.5) is 27.5 Å². The lowest BCUT2D eigenvalue weighted by Crippen LogP contribution is -2.39. The smallest absolute Gasteiger partial charge is 0.358 e. The molecule has 6 rings (SSSR count). The molecule has 0 saturated heterocycles. The average Bonchev–Trinajstić information content (AvgIpc) is 3.56. The molecular weight excluding hydrogens is 617 g/mol. The van der Waals surface area contributed by atoms with Crippen molar-refractivity contribution in [3.8, 4) is 0 Å². The summed E-state index contributed by atoms with van der Waals surface area (Å²) >= 11 is 0. The summed E-state index contributed by atoms with van der Waals surface area (Å²) < 4.78 is 17.6. The van der Waals surface area contributed by atoms with Crippen molar-refractivity contribution in [1.29, 1.82) is 0 Å². The molecule has 14 nitrogen and oxygen atoms in total. The summed E-state index contributed by atoms with van der Waals surface area (Å²) in [6.45, 7) is 2.96. The molecule has 6 aromatic rings. The van der Waals surface area contributed by atoms with Gasteiger partial charge in [0.15, 0.2) is 5.69 Å². The molecule has 0 spiro atoms. The number of aryl methyl sites for hydroxylation is 1. The van der Waals surface area contributed by atoms with Crippen LogP contribution in [0.3, 0.4) is 0 Å². The molecule has 0 aliphatic heterocycles. The van der Waals surface area contributed by atoms with E-state index in [1.165, 1.54) is 24.5 Å². The number of nitrogens with zero attached hydrogens (tertiary/aromatic N) is 9. The molecule has 4 aromatic heterocycles.